The van der Waals surface area contributed by atoms with Crippen LogP contribution in [0.25, 0.3) is 0 Å². The lowest BCUT2D eigenvalue weighted by Gasteiger charge is -2.21. The summed E-state index contributed by atoms with van der Waals surface area (Å²) in [7, 11) is 0. The van der Waals surface area contributed by atoms with Gasteiger partial charge in [-0.2, -0.15) is 0 Å². The number of anilines is 2. The van der Waals surface area contributed by atoms with Gasteiger partial charge in [0.25, 0.3) is 5.91 Å². The fourth-order valence-corrected chi connectivity index (χ4v) is 2.28. The summed E-state index contributed by atoms with van der Waals surface area (Å²) in [6.07, 6.45) is 0. The minimum Gasteiger partial charge on any atom is -0.397 e. The second kappa shape index (κ2) is 6.16. The van der Waals surface area contributed by atoms with E-state index in [9.17, 15) is 4.79 Å². The van der Waals surface area contributed by atoms with E-state index in [1.807, 2.05) is 37.3 Å². The summed E-state index contributed by atoms with van der Waals surface area (Å²) in [5.41, 5.74) is 7.29. The Bertz CT molecular complexity index is 606. The number of nitrogen functional groups attached to an aromatic ring is 1. The summed E-state index contributed by atoms with van der Waals surface area (Å²) in [5.74, 6) is -0.163. The molecule has 0 fully saturated rings. The number of rotatable bonds is 3. The van der Waals surface area contributed by atoms with Crippen LogP contribution in [-0.2, 0) is 0 Å². The van der Waals surface area contributed by atoms with Crippen LogP contribution in [0.4, 0.5) is 11.4 Å². The number of nitrogens with zero attached hydrogens (tertiary/aromatic N) is 1. The molecule has 104 valence electrons. The van der Waals surface area contributed by atoms with Crippen molar-refractivity contribution >= 4 is 40.5 Å². The molecule has 0 aromatic heterocycles. The zero-order chi connectivity index (χ0) is 14.7. The topological polar surface area (TPSA) is 46.3 Å². The molecule has 2 N–H and O–H groups in total. The van der Waals surface area contributed by atoms with E-state index in [0.29, 0.717) is 17.8 Å². The molecule has 0 radical (unpaired) electrons. The van der Waals surface area contributed by atoms with Crippen molar-refractivity contribution in [3.8, 4) is 0 Å². The maximum atomic E-state index is 12.6. The SMILES string of the molecule is CCN(C(=O)c1cc(N)c(Cl)c(Cl)c1)c1ccccc1. The third kappa shape index (κ3) is 2.89. The highest BCUT2D eigenvalue weighted by molar-refractivity contribution is 6.44. The Hall–Kier alpha value is -1.71. The molecule has 0 heterocycles. The normalized spacial score (nSPS) is 10.3. The van der Waals surface area contributed by atoms with Crippen LogP contribution in [0.15, 0.2) is 42.5 Å². The first-order valence-electron chi connectivity index (χ1n) is 6.16. The number of hydrogen-bond donors (Lipinski definition) is 1. The number of halogens is 2. The lowest BCUT2D eigenvalue weighted by molar-refractivity contribution is 0.0988. The summed E-state index contributed by atoms with van der Waals surface area (Å²) in [6, 6.07) is 12.5. The summed E-state index contributed by atoms with van der Waals surface area (Å²) in [5, 5.41) is 0.546. The van der Waals surface area contributed by atoms with E-state index >= 15 is 0 Å². The number of benzene rings is 2. The molecule has 0 aliphatic rings. The molecule has 3 nitrogen and oxygen atoms in total. The fourth-order valence-electron chi connectivity index (χ4n) is 1.94. The van der Waals surface area contributed by atoms with Gasteiger partial charge in [0.05, 0.1) is 15.7 Å². The Morgan fingerprint density at radius 3 is 2.40 bits per heavy atom. The zero-order valence-corrected chi connectivity index (χ0v) is 12.4. The van der Waals surface area contributed by atoms with Crippen molar-refractivity contribution in [1.82, 2.24) is 0 Å². The highest BCUT2D eigenvalue weighted by atomic mass is 35.5. The van der Waals surface area contributed by atoms with Crippen molar-refractivity contribution in [2.24, 2.45) is 0 Å². The molecule has 0 saturated carbocycles. The lowest BCUT2D eigenvalue weighted by Crippen LogP contribution is -2.30. The smallest absolute Gasteiger partial charge is 0.258 e. The van der Waals surface area contributed by atoms with Gasteiger partial charge in [-0.25, -0.2) is 0 Å². The number of hydrogen-bond acceptors (Lipinski definition) is 2. The first-order chi connectivity index (χ1) is 9.54. The van der Waals surface area contributed by atoms with Gasteiger partial charge in [0.2, 0.25) is 0 Å². The highest BCUT2D eigenvalue weighted by Crippen LogP contribution is 2.30. The van der Waals surface area contributed by atoms with Crippen molar-refractivity contribution in [3.05, 3.63) is 58.1 Å². The summed E-state index contributed by atoms with van der Waals surface area (Å²) in [6.45, 7) is 2.45. The fraction of sp³-hybridized carbons (Fsp3) is 0.133. The summed E-state index contributed by atoms with van der Waals surface area (Å²) < 4.78 is 0. The van der Waals surface area contributed by atoms with Crippen molar-refractivity contribution in [2.75, 3.05) is 17.2 Å². The monoisotopic (exact) mass is 308 g/mol. The molecular formula is C15H14Cl2N2O. The first kappa shape index (κ1) is 14.7. The average Bonchev–Trinajstić information content (AvgIpc) is 2.46. The van der Waals surface area contributed by atoms with E-state index in [1.54, 1.807) is 11.0 Å². The van der Waals surface area contributed by atoms with Gasteiger partial charge in [-0.1, -0.05) is 41.4 Å². The summed E-state index contributed by atoms with van der Waals surface area (Å²) in [4.78, 5) is 14.2. The third-order valence-electron chi connectivity index (χ3n) is 2.93. The zero-order valence-electron chi connectivity index (χ0n) is 10.9. The predicted molar refractivity (Wildman–Crippen MR) is 84.7 cm³/mol. The maximum absolute atomic E-state index is 12.6. The van der Waals surface area contributed by atoms with Gasteiger partial charge in [-0.05, 0) is 31.2 Å². The Labute approximate surface area is 127 Å². The number of nitrogens with two attached hydrogens (primary N) is 1. The lowest BCUT2D eigenvalue weighted by atomic mass is 10.1. The van der Waals surface area contributed by atoms with Crippen LogP contribution in [0.2, 0.25) is 10.0 Å². The van der Waals surface area contributed by atoms with Crippen LogP contribution >= 0.6 is 23.2 Å². The van der Waals surface area contributed by atoms with E-state index < -0.39 is 0 Å². The van der Waals surface area contributed by atoms with Gasteiger partial charge in [0.15, 0.2) is 0 Å². The van der Waals surface area contributed by atoms with Gasteiger partial charge < -0.3 is 10.6 Å². The van der Waals surface area contributed by atoms with E-state index in [0.717, 1.165) is 5.69 Å². The molecule has 20 heavy (non-hydrogen) atoms. The third-order valence-corrected chi connectivity index (χ3v) is 3.75. The average molecular weight is 309 g/mol. The van der Waals surface area contributed by atoms with Crippen molar-refractivity contribution < 1.29 is 4.79 Å². The number of carbonyl (C=O) groups excluding carboxylic acids is 1. The summed E-state index contributed by atoms with van der Waals surface area (Å²) >= 11 is 11.9. The Morgan fingerprint density at radius 2 is 1.85 bits per heavy atom. The Morgan fingerprint density at radius 1 is 1.20 bits per heavy atom. The quantitative estimate of drug-likeness (QED) is 0.862. The minimum absolute atomic E-state index is 0.163. The van der Waals surface area contributed by atoms with Gasteiger partial charge >= 0.3 is 0 Å². The molecule has 0 saturated heterocycles. The predicted octanol–water partition coefficient (Wildman–Crippen LogP) is 4.24. The van der Waals surface area contributed by atoms with Crippen LogP contribution in [0.3, 0.4) is 0 Å². The molecule has 0 atom stereocenters. The van der Waals surface area contributed by atoms with Crippen molar-refractivity contribution in [2.45, 2.75) is 6.92 Å². The molecule has 2 rings (SSSR count). The molecule has 0 bridgehead atoms. The van der Waals surface area contributed by atoms with E-state index in [4.69, 9.17) is 28.9 Å². The van der Waals surface area contributed by atoms with E-state index in [2.05, 4.69) is 0 Å². The van der Waals surface area contributed by atoms with Crippen molar-refractivity contribution in [3.63, 3.8) is 0 Å². The van der Waals surface area contributed by atoms with E-state index in [1.165, 1.54) is 6.07 Å². The van der Waals surface area contributed by atoms with E-state index in [-0.39, 0.29) is 16.0 Å². The van der Waals surface area contributed by atoms with Crippen LogP contribution < -0.4 is 10.6 Å². The maximum Gasteiger partial charge on any atom is 0.258 e. The molecule has 0 aliphatic heterocycles. The number of amides is 1. The van der Waals surface area contributed by atoms with Crippen LogP contribution in [0.5, 0.6) is 0 Å². The second-order valence-electron chi connectivity index (χ2n) is 4.25. The standard InChI is InChI=1S/C15H14Cl2N2O/c1-2-19(11-6-4-3-5-7-11)15(20)10-8-12(16)14(17)13(18)9-10/h3-9H,2,18H2,1H3. The molecule has 1 amide bonds. The van der Waals surface area contributed by atoms with Crippen LogP contribution in [0, 0.1) is 0 Å². The molecule has 2 aromatic carbocycles. The Kier molecular flexibility index (Phi) is 4.53. The minimum atomic E-state index is -0.163. The van der Waals surface area contributed by atoms with Crippen LogP contribution in [-0.4, -0.2) is 12.5 Å². The molecule has 5 heteroatoms. The van der Waals surface area contributed by atoms with Crippen LogP contribution in [0.1, 0.15) is 17.3 Å². The van der Waals surface area contributed by atoms with Gasteiger partial charge in [-0.3, -0.25) is 4.79 Å². The molecule has 0 aliphatic carbocycles. The number of carbonyl (C=O) groups is 1. The first-order valence-corrected chi connectivity index (χ1v) is 6.91. The molecular weight excluding hydrogens is 295 g/mol. The second-order valence-corrected chi connectivity index (χ2v) is 5.03. The van der Waals surface area contributed by atoms with Gasteiger partial charge in [-0.15, -0.1) is 0 Å². The highest BCUT2D eigenvalue weighted by Gasteiger charge is 2.18. The largest absolute Gasteiger partial charge is 0.397 e. The number of para-hydroxylation sites is 1. The molecule has 2 aromatic rings. The molecule has 0 unspecified atom stereocenters. The molecule has 0 spiro atoms. The Balaban J connectivity index is 2.39. The van der Waals surface area contributed by atoms with Crippen molar-refractivity contribution in [1.29, 1.82) is 0 Å². The van der Waals surface area contributed by atoms with Gasteiger partial charge in [0.1, 0.15) is 0 Å². The van der Waals surface area contributed by atoms with Gasteiger partial charge in [0, 0.05) is 17.8 Å².